The summed E-state index contributed by atoms with van der Waals surface area (Å²) < 4.78 is 5.05. The third-order valence-corrected chi connectivity index (χ3v) is 3.25. The Morgan fingerprint density at radius 3 is 3.12 bits per heavy atom. The zero-order chi connectivity index (χ0) is 12.1. The van der Waals surface area contributed by atoms with Crippen molar-refractivity contribution in [3.8, 4) is 5.88 Å². The van der Waals surface area contributed by atoms with Crippen molar-refractivity contribution >= 4 is 5.82 Å². The second-order valence-corrected chi connectivity index (χ2v) is 4.62. The van der Waals surface area contributed by atoms with Crippen molar-refractivity contribution in [2.45, 2.75) is 31.7 Å². The van der Waals surface area contributed by atoms with Gasteiger partial charge in [0.05, 0.1) is 7.11 Å². The summed E-state index contributed by atoms with van der Waals surface area (Å²) in [6, 6.07) is 2.18. The molecule has 1 heterocycles. The molecule has 2 rings (SSSR count). The molecule has 0 aromatic carbocycles. The molecule has 17 heavy (non-hydrogen) atoms. The first kappa shape index (κ1) is 12.1. The highest BCUT2D eigenvalue weighted by Crippen LogP contribution is 2.23. The van der Waals surface area contributed by atoms with Gasteiger partial charge in [-0.1, -0.05) is 6.42 Å². The maximum Gasteiger partial charge on any atom is 0.218 e. The number of methoxy groups -OCH3 is 1. The van der Waals surface area contributed by atoms with Gasteiger partial charge < -0.3 is 15.8 Å². The molecule has 1 aromatic heterocycles. The second kappa shape index (κ2) is 5.82. The average molecular weight is 236 g/mol. The van der Waals surface area contributed by atoms with Gasteiger partial charge in [0.1, 0.15) is 12.1 Å². The maximum atomic E-state index is 5.97. The topological polar surface area (TPSA) is 73.1 Å². The Morgan fingerprint density at radius 1 is 1.47 bits per heavy atom. The van der Waals surface area contributed by atoms with Gasteiger partial charge in [-0.3, -0.25) is 0 Å². The van der Waals surface area contributed by atoms with E-state index in [0.29, 0.717) is 17.8 Å². The van der Waals surface area contributed by atoms with E-state index < -0.39 is 0 Å². The number of ether oxygens (including phenoxy) is 1. The number of anilines is 1. The fraction of sp³-hybridized carbons (Fsp3) is 0.667. The molecule has 0 aliphatic heterocycles. The molecule has 94 valence electrons. The normalized spacial score (nSPS) is 24.4. The van der Waals surface area contributed by atoms with E-state index in [0.717, 1.165) is 25.2 Å². The molecule has 5 heteroatoms. The molecule has 5 nitrogen and oxygen atoms in total. The molecular formula is C12H20N4O. The fourth-order valence-corrected chi connectivity index (χ4v) is 2.31. The van der Waals surface area contributed by atoms with Crippen LogP contribution in [0.25, 0.3) is 0 Å². The summed E-state index contributed by atoms with van der Waals surface area (Å²) in [6.45, 7) is 0.924. The molecule has 1 aromatic rings. The first-order chi connectivity index (χ1) is 8.28. The van der Waals surface area contributed by atoms with Gasteiger partial charge in [-0.15, -0.1) is 0 Å². The quantitative estimate of drug-likeness (QED) is 0.827. The van der Waals surface area contributed by atoms with Crippen LogP contribution in [0.15, 0.2) is 12.4 Å². The van der Waals surface area contributed by atoms with Gasteiger partial charge in [0.25, 0.3) is 0 Å². The van der Waals surface area contributed by atoms with E-state index >= 15 is 0 Å². The van der Waals surface area contributed by atoms with Crippen molar-refractivity contribution in [3.63, 3.8) is 0 Å². The lowest BCUT2D eigenvalue weighted by atomic mass is 9.86. The zero-order valence-corrected chi connectivity index (χ0v) is 10.2. The summed E-state index contributed by atoms with van der Waals surface area (Å²) in [7, 11) is 1.60. The smallest absolute Gasteiger partial charge is 0.218 e. The minimum Gasteiger partial charge on any atom is -0.481 e. The van der Waals surface area contributed by atoms with Gasteiger partial charge in [0.15, 0.2) is 0 Å². The minimum atomic E-state index is 0.371. The fourth-order valence-electron chi connectivity index (χ4n) is 2.31. The number of nitrogens with zero attached hydrogens (tertiary/aromatic N) is 2. The predicted molar refractivity (Wildman–Crippen MR) is 67.0 cm³/mol. The van der Waals surface area contributed by atoms with Crippen LogP contribution in [-0.2, 0) is 0 Å². The monoisotopic (exact) mass is 236 g/mol. The van der Waals surface area contributed by atoms with Crippen LogP contribution in [0.1, 0.15) is 25.7 Å². The van der Waals surface area contributed by atoms with Crippen LogP contribution in [0, 0.1) is 5.92 Å². The second-order valence-electron chi connectivity index (χ2n) is 4.62. The molecule has 0 saturated heterocycles. The van der Waals surface area contributed by atoms with Crippen LogP contribution in [0.5, 0.6) is 5.88 Å². The average Bonchev–Trinajstić information content (AvgIpc) is 2.37. The molecule has 1 fully saturated rings. The predicted octanol–water partition coefficient (Wildman–Crippen LogP) is 1.41. The number of hydrogen-bond acceptors (Lipinski definition) is 5. The highest BCUT2D eigenvalue weighted by atomic mass is 16.5. The molecule has 1 aliphatic rings. The van der Waals surface area contributed by atoms with E-state index in [4.69, 9.17) is 10.5 Å². The van der Waals surface area contributed by atoms with Crippen LogP contribution in [0.3, 0.4) is 0 Å². The van der Waals surface area contributed by atoms with Gasteiger partial charge in [-0.25, -0.2) is 9.97 Å². The van der Waals surface area contributed by atoms with E-state index in [1.54, 1.807) is 7.11 Å². The summed E-state index contributed by atoms with van der Waals surface area (Å²) in [4.78, 5) is 8.13. The Bertz CT molecular complexity index is 358. The molecule has 2 atom stereocenters. The van der Waals surface area contributed by atoms with Crippen molar-refractivity contribution in [3.05, 3.63) is 12.4 Å². The Labute approximate surface area is 102 Å². The summed E-state index contributed by atoms with van der Waals surface area (Å²) in [6.07, 6.45) is 6.27. The van der Waals surface area contributed by atoms with Crippen LogP contribution >= 0.6 is 0 Å². The van der Waals surface area contributed by atoms with Crippen molar-refractivity contribution in [1.29, 1.82) is 0 Å². The minimum absolute atomic E-state index is 0.371. The van der Waals surface area contributed by atoms with E-state index in [9.17, 15) is 0 Å². The molecular weight excluding hydrogens is 216 g/mol. The van der Waals surface area contributed by atoms with E-state index in [2.05, 4.69) is 15.3 Å². The van der Waals surface area contributed by atoms with Crippen molar-refractivity contribution in [2.24, 2.45) is 11.7 Å². The van der Waals surface area contributed by atoms with E-state index in [-0.39, 0.29) is 0 Å². The molecule has 0 spiro atoms. The molecule has 0 bridgehead atoms. The third-order valence-electron chi connectivity index (χ3n) is 3.25. The van der Waals surface area contributed by atoms with Crippen molar-refractivity contribution in [2.75, 3.05) is 19.0 Å². The van der Waals surface area contributed by atoms with Gasteiger partial charge in [0.2, 0.25) is 5.88 Å². The number of nitrogens with one attached hydrogen (secondary N) is 1. The summed E-state index contributed by atoms with van der Waals surface area (Å²) in [5.74, 6) is 2.05. The lowest BCUT2D eigenvalue weighted by Gasteiger charge is -2.26. The Hall–Kier alpha value is -1.36. The highest BCUT2D eigenvalue weighted by Gasteiger charge is 2.18. The van der Waals surface area contributed by atoms with Crippen LogP contribution in [0.2, 0.25) is 0 Å². The van der Waals surface area contributed by atoms with Crippen molar-refractivity contribution < 1.29 is 4.74 Å². The SMILES string of the molecule is COc1cc(NCC2CCCC(N)C2)ncn1. The summed E-state index contributed by atoms with van der Waals surface area (Å²) in [5, 5.41) is 3.32. The first-order valence-corrected chi connectivity index (χ1v) is 6.13. The molecule has 0 radical (unpaired) electrons. The van der Waals surface area contributed by atoms with Gasteiger partial charge >= 0.3 is 0 Å². The zero-order valence-electron chi connectivity index (χ0n) is 10.2. The Morgan fingerprint density at radius 2 is 2.35 bits per heavy atom. The maximum absolute atomic E-state index is 5.97. The lowest BCUT2D eigenvalue weighted by molar-refractivity contribution is 0.334. The Balaban J connectivity index is 1.84. The number of hydrogen-bond donors (Lipinski definition) is 2. The highest BCUT2D eigenvalue weighted by molar-refractivity contribution is 5.36. The first-order valence-electron chi connectivity index (χ1n) is 6.13. The van der Waals surface area contributed by atoms with E-state index in [1.165, 1.54) is 19.2 Å². The van der Waals surface area contributed by atoms with Gasteiger partial charge in [-0.05, 0) is 25.2 Å². The Kier molecular flexibility index (Phi) is 4.14. The van der Waals surface area contributed by atoms with E-state index in [1.807, 2.05) is 6.07 Å². The van der Waals surface area contributed by atoms with Crippen molar-refractivity contribution in [1.82, 2.24) is 9.97 Å². The largest absolute Gasteiger partial charge is 0.481 e. The lowest BCUT2D eigenvalue weighted by Crippen LogP contribution is -2.31. The number of rotatable bonds is 4. The van der Waals surface area contributed by atoms with Crippen LogP contribution in [-0.4, -0.2) is 29.7 Å². The molecule has 3 N–H and O–H groups in total. The summed E-state index contributed by atoms with van der Waals surface area (Å²) >= 11 is 0. The number of aromatic nitrogens is 2. The van der Waals surface area contributed by atoms with Crippen LogP contribution in [0.4, 0.5) is 5.82 Å². The van der Waals surface area contributed by atoms with Gasteiger partial charge in [-0.2, -0.15) is 0 Å². The standard InChI is InChI=1S/C12H20N4O/c1-17-12-6-11(15-8-16-12)14-7-9-3-2-4-10(13)5-9/h6,8-10H,2-5,7,13H2,1H3,(H,14,15,16). The number of nitrogens with two attached hydrogens (primary N) is 1. The molecule has 2 unspecified atom stereocenters. The van der Waals surface area contributed by atoms with Gasteiger partial charge in [0, 0.05) is 18.7 Å². The molecule has 0 amide bonds. The molecule has 1 aliphatic carbocycles. The molecule has 1 saturated carbocycles. The third kappa shape index (κ3) is 3.56. The van der Waals surface area contributed by atoms with Crippen LogP contribution < -0.4 is 15.8 Å². The summed E-state index contributed by atoms with van der Waals surface area (Å²) in [5.41, 5.74) is 5.97.